The summed E-state index contributed by atoms with van der Waals surface area (Å²) in [6.45, 7) is 0.653. The molecule has 2 N–H and O–H groups in total. The van der Waals surface area contributed by atoms with E-state index in [0.717, 1.165) is 5.56 Å². The van der Waals surface area contributed by atoms with Gasteiger partial charge in [-0.05, 0) is 41.8 Å². The van der Waals surface area contributed by atoms with E-state index in [9.17, 15) is 14.0 Å². The Labute approximate surface area is 145 Å². The summed E-state index contributed by atoms with van der Waals surface area (Å²) >= 11 is 0. The first-order valence-electron chi connectivity index (χ1n) is 8.02. The molecule has 2 aromatic rings. The molecule has 1 aliphatic heterocycles. The molecule has 1 atom stereocenters. The van der Waals surface area contributed by atoms with Gasteiger partial charge in [-0.3, -0.25) is 9.59 Å². The van der Waals surface area contributed by atoms with Gasteiger partial charge in [-0.2, -0.15) is 0 Å². The summed E-state index contributed by atoms with van der Waals surface area (Å²) < 4.78 is 19.6. The van der Waals surface area contributed by atoms with Gasteiger partial charge in [-0.1, -0.05) is 18.2 Å². The molecule has 25 heavy (non-hydrogen) atoms. The van der Waals surface area contributed by atoms with Crippen molar-refractivity contribution in [2.45, 2.75) is 6.42 Å². The van der Waals surface area contributed by atoms with E-state index >= 15 is 0 Å². The van der Waals surface area contributed by atoms with Crippen LogP contribution in [0.2, 0.25) is 0 Å². The third-order valence-corrected chi connectivity index (χ3v) is 4.50. The molecule has 0 spiro atoms. The Hall–Kier alpha value is -2.89. The van der Waals surface area contributed by atoms with E-state index in [4.69, 9.17) is 10.5 Å². The highest BCUT2D eigenvalue weighted by Gasteiger charge is 2.31. The number of nitrogens with zero attached hydrogens (tertiary/aromatic N) is 1. The Balaban J connectivity index is 1.79. The van der Waals surface area contributed by atoms with Crippen LogP contribution < -0.4 is 10.5 Å². The SMILES string of the molecule is COc1ccc(-c2ccc(C(=O)N3CC[C@@H](C(N)=O)C3)c(F)c2)cc1. The van der Waals surface area contributed by atoms with E-state index in [0.29, 0.717) is 24.3 Å². The minimum Gasteiger partial charge on any atom is -0.497 e. The van der Waals surface area contributed by atoms with Crippen molar-refractivity contribution in [3.63, 3.8) is 0 Å². The molecule has 0 aromatic heterocycles. The minimum absolute atomic E-state index is 0.00221. The second-order valence-corrected chi connectivity index (χ2v) is 6.06. The summed E-state index contributed by atoms with van der Waals surface area (Å²) in [5.41, 5.74) is 6.78. The second kappa shape index (κ2) is 6.93. The highest BCUT2D eigenvalue weighted by molar-refractivity contribution is 5.95. The lowest BCUT2D eigenvalue weighted by molar-refractivity contribution is -0.121. The van der Waals surface area contributed by atoms with Crippen molar-refractivity contribution < 1.29 is 18.7 Å². The fraction of sp³-hybridized carbons (Fsp3) is 0.263. The van der Waals surface area contributed by atoms with Gasteiger partial charge >= 0.3 is 0 Å². The number of primary amides is 1. The van der Waals surface area contributed by atoms with Gasteiger partial charge in [0.15, 0.2) is 0 Å². The quantitative estimate of drug-likeness (QED) is 0.928. The number of carbonyl (C=O) groups excluding carboxylic acids is 2. The van der Waals surface area contributed by atoms with Gasteiger partial charge in [0.25, 0.3) is 5.91 Å². The van der Waals surface area contributed by atoms with E-state index < -0.39 is 17.6 Å². The molecular weight excluding hydrogens is 323 g/mol. The van der Waals surface area contributed by atoms with Gasteiger partial charge in [0.1, 0.15) is 11.6 Å². The third-order valence-electron chi connectivity index (χ3n) is 4.50. The van der Waals surface area contributed by atoms with Crippen molar-refractivity contribution in [1.82, 2.24) is 4.90 Å². The maximum Gasteiger partial charge on any atom is 0.256 e. The smallest absolute Gasteiger partial charge is 0.256 e. The van der Waals surface area contributed by atoms with E-state index in [-0.39, 0.29) is 18.0 Å². The van der Waals surface area contributed by atoms with Gasteiger partial charge in [-0.15, -0.1) is 0 Å². The van der Waals surface area contributed by atoms with Crippen molar-refractivity contribution in [3.05, 3.63) is 53.8 Å². The normalized spacial score (nSPS) is 16.7. The molecule has 2 amide bonds. The topological polar surface area (TPSA) is 72.6 Å². The zero-order chi connectivity index (χ0) is 18.0. The summed E-state index contributed by atoms with van der Waals surface area (Å²) in [5, 5.41) is 0. The van der Waals surface area contributed by atoms with Crippen molar-refractivity contribution >= 4 is 11.8 Å². The fourth-order valence-corrected chi connectivity index (χ4v) is 3.00. The number of rotatable bonds is 4. The van der Waals surface area contributed by atoms with Crippen molar-refractivity contribution in [3.8, 4) is 16.9 Å². The van der Waals surface area contributed by atoms with Gasteiger partial charge < -0.3 is 15.4 Å². The number of likely N-dealkylation sites (tertiary alicyclic amines) is 1. The van der Waals surface area contributed by atoms with Crippen LogP contribution in [-0.2, 0) is 4.79 Å². The average molecular weight is 342 g/mol. The fourth-order valence-electron chi connectivity index (χ4n) is 3.00. The Kier molecular flexibility index (Phi) is 4.70. The Bertz CT molecular complexity index is 805. The number of hydrogen-bond donors (Lipinski definition) is 1. The summed E-state index contributed by atoms with van der Waals surface area (Å²) in [5.74, 6) is -1.06. The van der Waals surface area contributed by atoms with E-state index in [2.05, 4.69) is 0 Å². The average Bonchev–Trinajstić information content (AvgIpc) is 3.11. The van der Waals surface area contributed by atoms with Crippen LogP contribution in [0.1, 0.15) is 16.8 Å². The van der Waals surface area contributed by atoms with E-state index in [1.165, 1.54) is 17.0 Å². The van der Waals surface area contributed by atoms with Gasteiger partial charge in [-0.25, -0.2) is 4.39 Å². The van der Waals surface area contributed by atoms with Crippen LogP contribution in [0, 0.1) is 11.7 Å². The lowest BCUT2D eigenvalue weighted by atomic mass is 10.0. The molecule has 0 bridgehead atoms. The molecule has 1 heterocycles. The molecule has 5 nitrogen and oxygen atoms in total. The first-order valence-corrected chi connectivity index (χ1v) is 8.02. The predicted molar refractivity (Wildman–Crippen MR) is 91.6 cm³/mol. The molecule has 130 valence electrons. The van der Waals surface area contributed by atoms with E-state index in [1.54, 1.807) is 25.3 Å². The summed E-state index contributed by atoms with van der Waals surface area (Å²) in [7, 11) is 1.58. The molecular formula is C19H19FN2O3. The molecule has 2 aromatic carbocycles. The molecule has 0 unspecified atom stereocenters. The maximum absolute atomic E-state index is 14.5. The van der Waals surface area contributed by atoms with Crippen LogP contribution in [-0.4, -0.2) is 36.9 Å². The zero-order valence-corrected chi connectivity index (χ0v) is 13.9. The first-order chi connectivity index (χ1) is 12.0. The number of nitrogens with two attached hydrogens (primary N) is 1. The Morgan fingerprint density at radius 3 is 2.40 bits per heavy atom. The number of ether oxygens (including phenoxy) is 1. The molecule has 1 fully saturated rings. The second-order valence-electron chi connectivity index (χ2n) is 6.06. The maximum atomic E-state index is 14.5. The Morgan fingerprint density at radius 1 is 1.16 bits per heavy atom. The molecule has 1 aliphatic rings. The largest absolute Gasteiger partial charge is 0.497 e. The number of benzene rings is 2. The molecule has 1 saturated heterocycles. The third kappa shape index (κ3) is 3.47. The summed E-state index contributed by atoms with van der Waals surface area (Å²) in [4.78, 5) is 25.2. The summed E-state index contributed by atoms with van der Waals surface area (Å²) in [6.07, 6.45) is 0.520. The first kappa shape index (κ1) is 17.0. The molecule has 0 radical (unpaired) electrons. The van der Waals surface area contributed by atoms with Crippen molar-refractivity contribution in [2.24, 2.45) is 11.7 Å². The Morgan fingerprint density at radius 2 is 1.84 bits per heavy atom. The van der Waals surface area contributed by atoms with Crippen LogP contribution in [0.15, 0.2) is 42.5 Å². The van der Waals surface area contributed by atoms with Crippen LogP contribution in [0.4, 0.5) is 4.39 Å². The van der Waals surface area contributed by atoms with Gasteiger partial charge in [0.05, 0.1) is 18.6 Å². The molecule has 6 heteroatoms. The predicted octanol–water partition coefficient (Wildman–Crippen LogP) is 2.45. The van der Waals surface area contributed by atoms with Crippen LogP contribution >= 0.6 is 0 Å². The number of amides is 2. The van der Waals surface area contributed by atoms with Crippen LogP contribution in [0.3, 0.4) is 0 Å². The lowest BCUT2D eigenvalue weighted by Crippen LogP contribution is -2.32. The number of halogens is 1. The number of carbonyl (C=O) groups is 2. The van der Waals surface area contributed by atoms with Crippen LogP contribution in [0.25, 0.3) is 11.1 Å². The van der Waals surface area contributed by atoms with Gasteiger partial charge in [0, 0.05) is 13.1 Å². The monoisotopic (exact) mass is 342 g/mol. The lowest BCUT2D eigenvalue weighted by Gasteiger charge is -2.16. The minimum atomic E-state index is -0.583. The molecule has 0 aliphatic carbocycles. The van der Waals surface area contributed by atoms with Crippen molar-refractivity contribution in [2.75, 3.05) is 20.2 Å². The molecule has 0 saturated carbocycles. The molecule has 3 rings (SSSR count). The number of hydrogen-bond acceptors (Lipinski definition) is 3. The van der Waals surface area contributed by atoms with E-state index in [1.807, 2.05) is 12.1 Å². The van der Waals surface area contributed by atoms with Crippen molar-refractivity contribution in [1.29, 1.82) is 0 Å². The van der Waals surface area contributed by atoms with Crippen LogP contribution in [0.5, 0.6) is 5.75 Å². The standard InChI is InChI=1S/C19H19FN2O3/c1-25-15-5-2-12(3-6-15)13-4-7-16(17(20)10-13)19(24)22-9-8-14(11-22)18(21)23/h2-7,10,14H,8-9,11H2,1H3,(H2,21,23)/t14-/m1/s1. The highest BCUT2D eigenvalue weighted by atomic mass is 19.1. The highest BCUT2D eigenvalue weighted by Crippen LogP contribution is 2.26. The van der Waals surface area contributed by atoms with Gasteiger partial charge in [0.2, 0.25) is 5.91 Å². The zero-order valence-electron chi connectivity index (χ0n) is 13.9. The number of methoxy groups -OCH3 is 1. The summed E-state index contributed by atoms with van der Waals surface area (Å²) in [6, 6.07) is 11.8.